The second-order valence-electron chi connectivity index (χ2n) is 3.71. The highest BCUT2D eigenvalue weighted by atomic mass is 16.5. The monoisotopic (exact) mass is 250 g/mol. The summed E-state index contributed by atoms with van der Waals surface area (Å²) >= 11 is 0. The van der Waals surface area contributed by atoms with Crippen molar-refractivity contribution < 1.29 is 14.6 Å². The topological polar surface area (TPSA) is 114 Å². The molecule has 0 heterocycles. The molecule has 1 rings (SSSR count). The number of aliphatic imine (C=N–C) groups is 1. The van der Waals surface area contributed by atoms with E-state index in [1.165, 1.54) is 18.2 Å². The molecule has 0 bridgehead atoms. The van der Waals surface area contributed by atoms with Crippen LogP contribution < -0.4 is 21.3 Å². The average Bonchev–Trinajstić information content (AvgIpc) is 2.28. The van der Waals surface area contributed by atoms with Gasteiger partial charge in [0.25, 0.3) is 0 Å². The van der Waals surface area contributed by atoms with Crippen LogP contribution in [-0.4, -0.2) is 18.5 Å². The number of nitrogens with two attached hydrogens (primary N) is 2. The zero-order valence-corrected chi connectivity index (χ0v) is 10.2. The zero-order chi connectivity index (χ0) is 13.5. The molecule has 0 saturated carbocycles. The summed E-state index contributed by atoms with van der Waals surface area (Å²) in [5.74, 6) is -1.18. The van der Waals surface area contributed by atoms with Crippen LogP contribution in [0.15, 0.2) is 23.2 Å². The first kappa shape index (κ1) is 13.8. The van der Waals surface area contributed by atoms with E-state index in [0.29, 0.717) is 12.3 Å². The largest absolute Gasteiger partial charge is 0.545 e. The number of benzene rings is 1. The molecule has 1 aromatic rings. The van der Waals surface area contributed by atoms with Crippen molar-refractivity contribution in [3.63, 3.8) is 0 Å². The molecule has 4 N–H and O–H groups in total. The number of guanidine groups is 1. The predicted octanol–water partition coefficient (Wildman–Crippen LogP) is 0.134. The Balaban J connectivity index is 3.00. The Bertz CT molecular complexity index is 454. The average molecular weight is 250 g/mol. The Morgan fingerprint density at radius 3 is 2.72 bits per heavy atom. The van der Waals surface area contributed by atoms with Gasteiger partial charge in [0.15, 0.2) is 5.96 Å². The van der Waals surface area contributed by atoms with E-state index in [1.54, 1.807) is 0 Å². The summed E-state index contributed by atoms with van der Waals surface area (Å²) in [5.41, 5.74) is 10.9. The fourth-order valence-electron chi connectivity index (χ4n) is 1.34. The Morgan fingerprint density at radius 2 is 2.17 bits per heavy atom. The molecule has 6 nitrogen and oxygen atoms in total. The maximum atomic E-state index is 10.9. The molecule has 0 aromatic heterocycles. The first-order valence-corrected chi connectivity index (χ1v) is 5.62. The number of nitrogens with zero attached hydrogens (tertiary/aromatic N) is 1. The third kappa shape index (κ3) is 3.97. The summed E-state index contributed by atoms with van der Waals surface area (Å²) in [6.45, 7) is 2.45. The number of hydrogen-bond donors (Lipinski definition) is 2. The van der Waals surface area contributed by atoms with Crippen molar-refractivity contribution in [2.75, 3.05) is 6.61 Å². The molecule has 1 aromatic carbocycles. The fraction of sp³-hybridized carbons (Fsp3) is 0.333. The number of hydrogen-bond acceptors (Lipinski definition) is 4. The Labute approximate surface area is 105 Å². The second-order valence-corrected chi connectivity index (χ2v) is 3.71. The van der Waals surface area contributed by atoms with Crippen LogP contribution in [0.4, 0.5) is 5.69 Å². The van der Waals surface area contributed by atoms with Gasteiger partial charge < -0.3 is 26.1 Å². The molecule has 0 saturated heterocycles. The van der Waals surface area contributed by atoms with Crippen LogP contribution >= 0.6 is 0 Å². The predicted molar refractivity (Wildman–Crippen MR) is 66.6 cm³/mol. The molecule has 0 spiro atoms. The minimum absolute atomic E-state index is 0.0133. The van der Waals surface area contributed by atoms with Gasteiger partial charge in [0, 0.05) is 11.6 Å². The lowest BCUT2D eigenvalue weighted by Crippen LogP contribution is -2.23. The molecule has 0 unspecified atom stereocenters. The van der Waals surface area contributed by atoms with Gasteiger partial charge in [0.05, 0.1) is 18.3 Å². The molecule has 18 heavy (non-hydrogen) atoms. The van der Waals surface area contributed by atoms with Gasteiger partial charge in [0.1, 0.15) is 5.75 Å². The van der Waals surface area contributed by atoms with Gasteiger partial charge in [-0.2, -0.15) is 0 Å². The summed E-state index contributed by atoms with van der Waals surface area (Å²) in [5, 5.41) is 10.9. The highest BCUT2D eigenvalue weighted by Gasteiger charge is 2.06. The van der Waals surface area contributed by atoms with Crippen LogP contribution in [0.25, 0.3) is 0 Å². The lowest BCUT2D eigenvalue weighted by molar-refractivity contribution is -0.255. The number of rotatable bonds is 6. The molecule has 0 aliphatic carbocycles. The summed E-state index contributed by atoms with van der Waals surface area (Å²) in [6.07, 6.45) is 1.78. The maximum absolute atomic E-state index is 10.9. The molecule has 0 fully saturated rings. The van der Waals surface area contributed by atoms with Crippen molar-refractivity contribution in [3.8, 4) is 5.75 Å². The lowest BCUT2D eigenvalue weighted by atomic mass is 10.2. The van der Waals surface area contributed by atoms with E-state index >= 15 is 0 Å². The van der Waals surface area contributed by atoms with Crippen molar-refractivity contribution in [1.29, 1.82) is 0 Å². The van der Waals surface area contributed by atoms with Crippen molar-refractivity contribution in [2.24, 2.45) is 16.5 Å². The summed E-state index contributed by atoms with van der Waals surface area (Å²) in [7, 11) is 0. The van der Waals surface area contributed by atoms with Gasteiger partial charge in [-0.05, 0) is 18.6 Å². The van der Waals surface area contributed by atoms with Crippen LogP contribution in [0, 0.1) is 0 Å². The van der Waals surface area contributed by atoms with Crippen LogP contribution in [0.3, 0.4) is 0 Å². The molecule has 0 aliphatic rings. The SMILES string of the molecule is CCCCOc1cc(N=C(N)N)ccc1C(=O)[O-]. The van der Waals surface area contributed by atoms with E-state index in [9.17, 15) is 9.90 Å². The van der Waals surface area contributed by atoms with Gasteiger partial charge in [-0.15, -0.1) is 0 Å². The van der Waals surface area contributed by atoms with Crippen molar-refractivity contribution in [1.82, 2.24) is 0 Å². The molecular weight excluding hydrogens is 234 g/mol. The standard InChI is InChI=1S/C12H17N3O3/c1-2-3-6-18-10-7-8(15-12(13)14)4-5-9(10)11(16)17/h4-5,7H,2-3,6H2,1H3,(H,16,17)(H4,13,14,15)/p-1. The maximum Gasteiger partial charge on any atom is 0.191 e. The number of aromatic carboxylic acids is 1. The second kappa shape index (κ2) is 6.48. The van der Waals surface area contributed by atoms with E-state index in [0.717, 1.165) is 12.8 Å². The molecule has 0 radical (unpaired) electrons. The highest BCUT2D eigenvalue weighted by Crippen LogP contribution is 2.25. The van der Waals surface area contributed by atoms with Crippen LogP contribution in [0.1, 0.15) is 30.1 Å². The minimum atomic E-state index is -1.29. The van der Waals surface area contributed by atoms with E-state index in [4.69, 9.17) is 16.2 Å². The molecule has 0 aliphatic heterocycles. The van der Waals surface area contributed by atoms with Gasteiger partial charge >= 0.3 is 0 Å². The normalized spacial score (nSPS) is 9.83. The summed E-state index contributed by atoms with van der Waals surface area (Å²) < 4.78 is 5.39. The number of ether oxygens (including phenoxy) is 1. The van der Waals surface area contributed by atoms with Crippen LogP contribution in [-0.2, 0) is 0 Å². The smallest absolute Gasteiger partial charge is 0.191 e. The number of unbranched alkanes of at least 4 members (excludes halogenated alkanes) is 1. The molecule has 6 heteroatoms. The summed E-state index contributed by atoms with van der Waals surface area (Å²) in [4.78, 5) is 14.7. The van der Waals surface area contributed by atoms with Gasteiger partial charge in [-0.25, -0.2) is 4.99 Å². The first-order chi connectivity index (χ1) is 8.54. The number of carbonyl (C=O) groups is 1. The molecule has 0 atom stereocenters. The Kier molecular flexibility index (Phi) is 4.98. The van der Waals surface area contributed by atoms with Gasteiger partial charge in [0.2, 0.25) is 0 Å². The zero-order valence-electron chi connectivity index (χ0n) is 10.2. The van der Waals surface area contributed by atoms with E-state index in [2.05, 4.69) is 4.99 Å². The van der Waals surface area contributed by atoms with Gasteiger partial charge in [-0.3, -0.25) is 0 Å². The quantitative estimate of drug-likeness (QED) is 0.423. The molecule has 0 amide bonds. The van der Waals surface area contributed by atoms with E-state index < -0.39 is 5.97 Å². The minimum Gasteiger partial charge on any atom is -0.545 e. The number of carbonyl (C=O) groups excluding carboxylic acids is 1. The highest BCUT2D eigenvalue weighted by molar-refractivity contribution is 5.90. The van der Waals surface area contributed by atoms with Crippen LogP contribution in [0.2, 0.25) is 0 Å². The Hall–Kier alpha value is -2.24. The van der Waals surface area contributed by atoms with Crippen LogP contribution in [0.5, 0.6) is 5.75 Å². The lowest BCUT2D eigenvalue weighted by Gasteiger charge is -2.12. The molecule has 98 valence electrons. The van der Waals surface area contributed by atoms with E-state index in [-0.39, 0.29) is 17.3 Å². The number of carboxylic acids is 1. The van der Waals surface area contributed by atoms with Crippen molar-refractivity contribution in [2.45, 2.75) is 19.8 Å². The van der Waals surface area contributed by atoms with Crippen molar-refractivity contribution in [3.05, 3.63) is 23.8 Å². The van der Waals surface area contributed by atoms with Gasteiger partial charge in [-0.1, -0.05) is 13.3 Å². The number of carboxylic acid groups (broad SMARTS) is 1. The third-order valence-corrected chi connectivity index (χ3v) is 2.20. The fourth-order valence-corrected chi connectivity index (χ4v) is 1.34. The Morgan fingerprint density at radius 1 is 1.44 bits per heavy atom. The molecular formula is C12H16N3O3-. The first-order valence-electron chi connectivity index (χ1n) is 5.62. The summed E-state index contributed by atoms with van der Waals surface area (Å²) in [6, 6.07) is 4.32. The third-order valence-electron chi connectivity index (χ3n) is 2.20. The van der Waals surface area contributed by atoms with Crippen molar-refractivity contribution >= 4 is 17.6 Å². The van der Waals surface area contributed by atoms with E-state index in [1.807, 2.05) is 6.92 Å².